The van der Waals surface area contributed by atoms with Crippen molar-refractivity contribution in [2.24, 2.45) is 5.92 Å². The number of nitrogens with one attached hydrogen (secondary N) is 2. The van der Waals surface area contributed by atoms with Gasteiger partial charge in [-0.25, -0.2) is 0 Å². The molecule has 2 N–H and O–H groups in total. The number of para-hydroxylation sites is 1. The first kappa shape index (κ1) is 13.5. The van der Waals surface area contributed by atoms with Gasteiger partial charge in [-0.3, -0.25) is 0 Å². The van der Waals surface area contributed by atoms with Gasteiger partial charge in [-0.05, 0) is 44.0 Å². The largest absolute Gasteiger partial charge is 0.384 e. The van der Waals surface area contributed by atoms with Gasteiger partial charge in [0, 0.05) is 22.9 Å². The van der Waals surface area contributed by atoms with Crippen molar-refractivity contribution in [2.75, 3.05) is 30.7 Å². The Morgan fingerprint density at radius 3 is 3.11 bits per heavy atom. The van der Waals surface area contributed by atoms with Crippen molar-refractivity contribution < 1.29 is 0 Å². The van der Waals surface area contributed by atoms with E-state index in [-0.39, 0.29) is 0 Å². The van der Waals surface area contributed by atoms with Crippen molar-refractivity contribution in [1.82, 2.24) is 5.32 Å². The summed E-state index contributed by atoms with van der Waals surface area (Å²) in [6.07, 6.45) is 4.59. The molecule has 0 saturated carbocycles. The minimum Gasteiger partial charge on any atom is -0.384 e. The van der Waals surface area contributed by atoms with Gasteiger partial charge in [0.25, 0.3) is 0 Å². The second kappa shape index (κ2) is 7.49. The van der Waals surface area contributed by atoms with Gasteiger partial charge in [-0.2, -0.15) is 0 Å². The summed E-state index contributed by atoms with van der Waals surface area (Å²) in [6.45, 7) is 7.17. The van der Waals surface area contributed by atoms with Crippen molar-refractivity contribution in [3.8, 4) is 0 Å². The lowest BCUT2D eigenvalue weighted by Gasteiger charge is -2.24. The molecule has 0 radical (unpaired) electrons. The summed E-state index contributed by atoms with van der Waals surface area (Å²) in [5.74, 6) is 1.72. The average molecular weight is 262 g/mol. The maximum absolute atomic E-state index is 3.78. The third-order valence-electron chi connectivity index (χ3n) is 3.22. The van der Waals surface area contributed by atoms with E-state index in [4.69, 9.17) is 0 Å². The molecule has 1 heterocycles. The van der Waals surface area contributed by atoms with Gasteiger partial charge in [0.15, 0.2) is 0 Å². The van der Waals surface area contributed by atoms with E-state index in [0.29, 0.717) is 0 Å². The third-order valence-corrected chi connectivity index (χ3v) is 4.29. The molecule has 1 aromatic carbocycles. The summed E-state index contributed by atoms with van der Waals surface area (Å²) >= 11 is 1.84. The Bertz CT molecular complexity index is 373. The fourth-order valence-corrected chi connectivity index (χ4v) is 3.01. The van der Waals surface area contributed by atoms with Gasteiger partial charge in [0.05, 0.1) is 0 Å². The summed E-state index contributed by atoms with van der Waals surface area (Å²) in [5.41, 5.74) is 1.26. The monoisotopic (exact) mass is 262 g/mol. The molecule has 98 valence electrons. The summed E-state index contributed by atoms with van der Waals surface area (Å²) in [5, 5.41) is 7.06. The molecule has 3 heteroatoms. The van der Waals surface area contributed by atoms with Gasteiger partial charge in [-0.15, -0.1) is 18.3 Å². The molecule has 1 unspecified atom stereocenters. The maximum atomic E-state index is 3.78. The molecular weight excluding hydrogens is 240 g/mol. The Labute approximate surface area is 114 Å². The van der Waals surface area contributed by atoms with Crippen molar-refractivity contribution in [3.63, 3.8) is 0 Å². The van der Waals surface area contributed by atoms with E-state index in [1.165, 1.54) is 30.0 Å². The lowest BCUT2D eigenvalue weighted by atomic mass is 10.00. The first-order chi connectivity index (χ1) is 8.90. The van der Waals surface area contributed by atoms with Gasteiger partial charge in [0.1, 0.15) is 0 Å². The minimum atomic E-state index is 0.760. The SMILES string of the molecule is C=CCSc1ccccc1NCC1CCCNC1. The van der Waals surface area contributed by atoms with Crippen LogP contribution in [0.1, 0.15) is 12.8 Å². The molecule has 1 saturated heterocycles. The molecule has 0 spiro atoms. The van der Waals surface area contributed by atoms with Gasteiger partial charge in [0.2, 0.25) is 0 Å². The van der Waals surface area contributed by atoms with E-state index in [1.807, 2.05) is 17.8 Å². The number of anilines is 1. The van der Waals surface area contributed by atoms with Crippen molar-refractivity contribution in [1.29, 1.82) is 0 Å². The zero-order valence-corrected chi connectivity index (χ0v) is 11.6. The molecule has 1 aliphatic rings. The Morgan fingerprint density at radius 1 is 1.44 bits per heavy atom. The van der Waals surface area contributed by atoms with E-state index >= 15 is 0 Å². The summed E-state index contributed by atoms with van der Waals surface area (Å²) < 4.78 is 0. The highest BCUT2D eigenvalue weighted by atomic mass is 32.2. The fourth-order valence-electron chi connectivity index (χ4n) is 2.24. The van der Waals surface area contributed by atoms with E-state index < -0.39 is 0 Å². The highest BCUT2D eigenvalue weighted by molar-refractivity contribution is 7.99. The van der Waals surface area contributed by atoms with E-state index in [1.54, 1.807) is 0 Å². The lowest BCUT2D eigenvalue weighted by molar-refractivity contribution is 0.393. The van der Waals surface area contributed by atoms with Crippen molar-refractivity contribution >= 4 is 17.4 Å². The number of benzene rings is 1. The van der Waals surface area contributed by atoms with Crippen LogP contribution >= 0.6 is 11.8 Å². The van der Waals surface area contributed by atoms with Crippen LogP contribution in [0.15, 0.2) is 41.8 Å². The second-order valence-corrected chi connectivity index (χ2v) is 5.75. The van der Waals surface area contributed by atoms with Crippen LogP contribution in [-0.2, 0) is 0 Å². The van der Waals surface area contributed by atoms with Gasteiger partial charge in [-0.1, -0.05) is 18.2 Å². The van der Waals surface area contributed by atoms with Crippen LogP contribution in [0.25, 0.3) is 0 Å². The first-order valence-corrected chi connectivity index (χ1v) is 7.66. The highest BCUT2D eigenvalue weighted by Crippen LogP contribution is 2.27. The molecular formula is C15H22N2S. The lowest BCUT2D eigenvalue weighted by Crippen LogP contribution is -2.33. The van der Waals surface area contributed by atoms with Crippen LogP contribution in [-0.4, -0.2) is 25.4 Å². The summed E-state index contributed by atoms with van der Waals surface area (Å²) in [6, 6.07) is 8.54. The molecule has 1 atom stereocenters. The Hall–Kier alpha value is -0.930. The predicted octanol–water partition coefficient (Wildman–Crippen LogP) is 3.38. The molecule has 18 heavy (non-hydrogen) atoms. The normalized spacial score (nSPS) is 19.4. The highest BCUT2D eigenvalue weighted by Gasteiger charge is 2.12. The maximum Gasteiger partial charge on any atom is 0.0478 e. The second-order valence-electron chi connectivity index (χ2n) is 4.69. The molecule has 0 aromatic heterocycles. The molecule has 1 aliphatic heterocycles. The third kappa shape index (κ3) is 4.07. The van der Waals surface area contributed by atoms with E-state index in [0.717, 1.165) is 24.8 Å². The van der Waals surface area contributed by atoms with Crippen molar-refractivity contribution in [2.45, 2.75) is 17.7 Å². The number of thioether (sulfide) groups is 1. The minimum absolute atomic E-state index is 0.760. The number of hydrogen-bond acceptors (Lipinski definition) is 3. The number of piperidine rings is 1. The summed E-state index contributed by atoms with van der Waals surface area (Å²) in [4.78, 5) is 1.32. The standard InChI is InChI=1S/C15H22N2S/c1-2-10-18-15-8-4-3-7-14(15)17-12-13-6-5-9-16-11-13/h2-4,7-8,13,16-17H,1,5-6,9-12H2. The molecule has 2 nitrogen and oxygen atoms in total. The Morgan fingerprint density at radius 2 is 2.33 bits per heavy atom. The Balaban J connectivity index is 1.88. The van der Waals surface area contributed by atoms with E-state index in [2.05, 4.69) is 41.5 Å². The van der Waals surface area contributed by atoms with Crippen LogP contribution in [0.5, 0.6) is 0 Å². The van der Waals surface area contributed by atoms with Crippen LogP contribution in [0.4, 0.5) is 5.69 Å². The zero-order valence-electron chi connectivity index (χ0n) is 10.8. The Kier molecular flexibility index (Phi) is 5.62. The molecule has 2 rings (SSSR count). The quantitative estimate of drug-likeness (QED) is 0.607. The molecule has 0 aliphatic carbocycles. The van der Waals surface area contributed by atoms with Gasteiger partial charge >= 0.3 is 0 Å². The average Bonchev–Trinajstić information content (AvgIpc) is 2.45. The number of hydrogen-bond donors (Lipinski definition) is 2. The molecule has 0 amide bonds. The fraction of sp³-hybridized carbons (Fsp3) is 0.467. The first-order valence-electron chi connectivity index (χ1n) is 6.67. The predicted molar refractivity (Wildman–Crippen MR) is 81.4 cm³/mol. The van der Waals surface area contributed by atoms with Crippen LogP contribution in [0.3, 0.4) is 0 Å². The molecule has 0 bridgehead atoms. The zero-order chi connectivity index (χ0) is 12.6. The van der Waals surface area contributed by atoms with Crippen molar-refractivity contribution in [3.05, 3.63) is 36.9 Å². The summed E-state index contributed by atoms with van der Waals surface area (Å²) in [7, 11) is 0. The van der Waals surface area contributed by atoms with Crippen LogP contribution in [0.2, 0.25) is 0 Å². The molecule has 1 aromatic rings. The number of rotatable bonds is 6. The van der Waals surface area contributed by atoms with Crippen LogP contribution in [0, 0.1) is 5.92 Å². The molecule has 1 fully saturated rings. The topological polar surface area (TPSA) is 24.1 Å². The smallest absolute Gasteiger partial charge is 0.0478 e. The van der Waals surface area contributed by atoms with Crippen LogP contribution < -0.4 is 10.6 Å². The van der Waals surface area contributed by atoms with Gasteiger partial charge < -0.3 is 10.6 Å². The van der Waals surface area contributed by atoms with E-state index in [9.17, 15) is 0 Å².